The highest BCUT2D eigenvalue weighted by Gasteiger charge is 2.19. The van der Waals surface area contributed by atoms with Crippen molar-refractivity contribution in [3.8, 4) is 0 Å². The lowest BCUT2D eigenvalue weighted by Gasteiger charge is -2.20. The third-order valence-electron chi connectivity index (χ3n) is 5.55. The van der Waals surface area contributed by atoms with Crippen LogP contribution in [0, 0.1) is 0 Å². The number of carbonyl (C=O) groups excluding carboxylic acids is 2. The van der Waals surface area contributed by atoms with Crippen molar-refractivity contribution in [2.75, 3.05) is 6.54 Å². The second-order valence-corrected chi connectivity index (χ2v) is 7.94. The molecule has 0 bridgehead atoms. The zero-order chi connectivity index (χ0) is 23.0. The van der Waals surface area contributed by atoms with Gasteiger partial charge in [0.15, 0.2) is 0 Å². The lowest BCUT2D eigenvalue weighted by Crippen LogP contribution is -2.46. The van der Waals surface area contributed by atoms with Crippen molar-refractivity contribution in [1.82, 2.24) is 20.6 Å². The quantitative estimate of drug-likeness (QED) is 0.320. The van der Waals surface area contributed by atoms with Gasteiger partial charge in [-0.05, 0) is 35.7 Å². The topological polar surface area (TPSA) is 113 Å². The van der Waals surface area contributed by atoms with E-state index >= 15 is 0 Å². The van der Waals surface area contributed by atoms with Gasteiger partial charge in [-0.1, -0.05) is 54.6 Å². The van der Waals surface area contributed by atoms with E-state index in [1.54, 1.807) is 6.20 Å². The van der Waals surface area contributed by atoms with Gasteiger partial charge in [0.2, 0.25) is 11.8 Å². The summed E-state index contributed by atoms with van der Waals surface area (Å²) in [5.41, 5.74) is 9.93. The maximum Gasteiger partial charge on any atom is 0.239 e. The highest BCUT2D eigenvalue weighted by atomic mass is 16.2. The summed E-state index contributed by atoms with van der Waals surface area (Å²) in [6, 6.07) is 22.3. The number of hydrogen-bond donors (Lipinski definition) is 4. The molecule has 4 rings (SSSR count). The number of rotatable bonds is 9. The molecule has 0 saturated heterocycles. The van der Waals surface area contributed by atoms with E-state index in [1.807, 2.05) is 79.0 Å². The Balaban J connectivity index is 1.33. The molecule has 2 amide bonds. The molecule has 0 spiro atoms. The van der Waals surface area contributed by atoms with Gasteiger partial charge in [0.25, 0.3) is 0 Å². The molecule has 7 heteroatoms. The number of nitrogens with two attached hydrogens (primary N) is 1. The van der Waals surface area contributed by atoms with Gasteiger partial charge in [-0.15, -0.1) is 0 Å². The first-order valence-electron chi connectivity index (χ1n) is 10.9. The molecule has 4 aromatic rings. The number of aromatic nitrogens is 2. The van der Waals surface area contributed by atoms with Gasteiger partial charge in [0, 0.05) is 35.4 Å². The first kappa shape index (κ1) is 22.2. The van der Waals surface area contributed by atoms with Crippen LogP contribution in [0.25, 0.3) is 10.9 Å². The van der Waals surface area contributed by atoms with E-state index in [-0.39, 0.29) is 24.4 Å². The summed E-state index contributed by atoms with van der Waals surface area (Å²) in [5, 5.41) is 6.71. The zero-order valence-electron chi connectivity index (χ0n) is 18.2. The SMILES string of the molecule is N[C@H](Cc1c[nH]c2ccccc12)C(=O)NCC(=O)NC(Cc1ccccn1)c1ccccc1. The Morgan fingerprint density at radius 2 is 1.70 bits per heavy atom. The van der Waals surface area contributed by atoms with Crippen LogP contribution in [0.3, 0.4) is 0 Å². The van der Waals surface area contributed by atoms with Crippen molar-refractivity contribution in [2.24, 2.45) is 5.73 Å². The van der Waals surface area contributed by atoms with Gasteiger partial charge in [0.1, 0.15) is 0 Å². The fourth-order valence-corrected chi connectivity index (χ4v) is 3.84. The highest BCUT2D eigenvalue weighted by molar-refractivity contribution is 5.89. The van der Waals surface area contributed by atoms with Gasteiger partial charge < -0.3 is 21.4 Å². The molecule has 33 heavy (non-hydrogen) atoms. The number of fused-ring (bicyclic) bond motifs is 1. The number of nitrogens with one attached hydrogen (secondary N) is 3. The van der Waals surface area contributed by atoms with E-state index in [4.69, 9.17) is 5.73 Å². The van der Waals surface area contributed by atoms with Crippen molar-refractivity contribution in [1.29, 1.82) is 0 Å². The van der Waals surface area contributed by atoms with E-state index in [1.165, 1.54) is 0 Å². The Bertz CT molecular complexity index is 1210. The number of pyridine rings is 1. The summed E-state index contributed by atoms with van der Waals surface area (Å²) in [6.07, 6.45) is 4.52. The lowest BCUT2D eigenvalue weighted by molar-refractivity contribution is -0.127. The van der Waals surface area contributed by atoms with Crippen LogP contribution in [0.2, 0.25) is 0 Å². The van der Waals surface area contributed by atoms with E-state index in [0.717, 1.165) is 27.7 Å². The van der Waals surface area contributed by atoms with Gasteiger partial charge in [-0.2, -0.15) is 0 Å². The molecule has 2 aromatic heterocycles. The summed E-state index contributed by atoms with van der Waals surface area (Å²) in [5.74, 6) is -0.649. The Morgan fingerprint density at radius 3 is 2.48 bits per heavy atom. The average Bonchev–Trinajstić information content (AvgIpc) is 3.26. The molecule has 5 N–H and O–H groups in total. The predicted molar refractivity (Wildman–Crippen MR) is 128 cm³/mol. The zero-order valence-corrected chi connectivity index (χ0v) is 18.2. The molecule has 0 aliphatic rings. The number of hydrogen-bond acceptors (Lipinski definition) is 4. The lowest BCUT2D eigenvalue weighted by atomic mass is 10.0. The predicted octanol–water partition coefficient (Wildman–Crippen LogP) is 2.65. The third kappa shape index (κ3) is 5.84. The molecule has 0 fully saturated rings. The molecular weight excluding hydrogens is 414 g/mol. The minimum absolute atomic E-state index is 0.147. The maximum absolute atomic E-state index is 12.6. The molecule has 0 radical (unpaired) electrons. The first-order chi connectivity index (χ1) is 16.1. The van der Waals surface area contributed by atoms with Crippen LogP contribution in [0.15, 0.2) is 85.2 Å². The Kier molecular flexibility index (Phi) is 7.12. The fourth-order valence-electron chi connectivity index (χ4n) is 3.84. The minimum atomic E-state index is -0.754. The summed E-state index contributed by atoms with van der Waals surface area (Å²) in [4.78, 5) is 32.7. The smallest absolute Gasteiger partial charge is 0.239 e. The Labute approximate surface area is 192 Å². The molecule has 168 valence electrons. The normalized spacial score (nSPS) is 12.8. The van der Waals surface area contributed by atoms with Crippen LogP contribution in [-0.2, 0) is 22.4 Å². The van der Waals surface area contributed by atoms with Crippen molar-refractivity contribution in [3.63, 3.8) is 0 Å². The molecule has 0 saturated carbocycles. The van der Waals surface area contributed by atoms with Crippen LogP contribution in [0.5, 0.6) is 0 Å². The average molecular weight is 442 g/mol. The first-order valence-corrected chi connectivity index (χ1v) is 10.9. The van der Waals surface area contributed by atoms with Crippen LogP contribution in [0.1, 0.15) is 22.9 Å². The molecule has 7 nitrogen and oxygen atoms in total. The van der Waals surface area contributed by atoms with Crippen molar-refractivity contribution >= 4 is 22.7 Å². The number of H-pyrrole nitrogens is 1. The molecule has 0 aliphatic carbocycles. The molecule has 1 unspecified atom stereocenters. The van der Waals surface area contributed by atoms with E-state index in [2.05, 4.69) is 20.6 Å². The highest BCUT2D eigenvalue weighted by Crippen LogP contribution is 2.19. The molecule has 2 atom stereocenters. The molecule has 0 aliphatic heterocycles. The van der Waals surface area contributed by atoms with E-state index in [9.17, 15) is 9.59 Å². The van der Waals surface area contributed by atoms with Gasteiger partial charge in [-0.25, -0.2) is 0 Å². The number of para-hydroxylation sites is 1. The van der Waals surface area contributed by atoms with Crippen LogP contribution >= 0.6 is 0 Å². The largest absolute Gasteiger partial charge is 0.361 e. The van der Waals surface area contributed by atoms with Crippen LogP contribution < -0.4 is 16.4 Å². The Hall–Kier alpha value is -3.97. The number of amides is 2. The number of aromatic amines is 1. The second kappa shape index (κ2) is 10.6. The minimum Gasteiger partial charge on any atom is -0.361 e. The van der Waals surface area contributed by atoms with E-state index < -0.39 is 6.04 Å². The van der Waals surface area contributed by atoms with Gasteiger partial charge in [0.05, 0.1) is 18.6 Å². The summed E-state index contributed by atoms with van der Waals surface area (Å²) in [7, 11) is 0. The van der Waals surface area contributed by atoms with Crippen molar-refractivity contribution in [3.05, 3.63) is 102 Å². The summed E-state index contributed by atoms with van der Waals surface area (Å²) < 4.78 is 0. The summed E-state index contributed by atoms with van der Waals surface area (Å²) >= 11 is 0. The van der Waals surface area contributed by atoms with Crippen LogP contribution in [-0.4, -0.2) is 34.4 Å². The van der Waals surface area contributed by atoms with E-state index in [0.29, 0.717) is 12.8 Å². The van der Waals surface area contributed by atoms with Gasteiger partial charge >= 0.3 is 0 Å². The fraction of sp³-hybridized carbons (Fsp3) is 0.192. The number of benzene rings is 2. The van der Waals surface area contributed by atoms with Crippen molar-refractivity contribution < 1.29 is 9.59 Å². The van der Waals surface area contributed by atoms with Crippen LogP contribution in [0.4, 0.5) is 0 Å². The summed E-state index contributed by atoms with van der Waals surface area (Å²) in [6.45, 7) is -0.147. The monoisotopic (exact) mass is 441 g/mol. The maximum atomic E-state index is 12.6. The third-order valence-corrected chi connectivity index (χ3v) is 5.55. The number of nitrogens with zero attached hydrogens (tertiary/aromatic N) is 1. The number of carbonyl (C=O) groups is 2. The second-order valence-electron chi connectivity index (χ2n) is 7.94. The van der Waals surface area contributed by atoms with Crippen molar-refractivity contribution in [2.45, 2.75) is 24.9 Å². The molecular formula is C26H27N5O2. The van der Waals surface area contributed by atoms with Gasteiger partial charge in [-0.3, -0.25) is 14.6 Å². The Morgan fingerprint density at radius 1 is 0.939 bits per heavy atom. The molecule has 2 heterocycles. The standard InChI is InChI=1S/C26H27N5O2/c27-22(14-19-16-29-23-12-5-4-11-21(19)23)26(33)30-17-25(32)31-24(18-8-2-1-3-9-18)15-20-10-6-7-13-28-20/h1-13,16,22,24,29H,14-15,17,27H2,(H,30,33)(H,31,32)/t22-,24?/m1/s1. The molecule has 2 aromatic carbocycles.